The van der Waals surface area contributed by atoms with Gasteiger partial charge in [0.2, 0.25) is 0 Å². The number of aromatic nitrogens is 2. The summed E-state index contributed by atoms with van der Waals surface area (Å²) in [5.74, 6) is 1.04. The Labute approximate surface area is 102 Å². The van der Waals surface area contributed by atoms with Crippen molar-refractivity contribution in [3.05, 3.63) is 18.2 Å². The summed E-state index contributed by atoms with van der Waals surface area (Å²) in [5.41, 5.74) is 5.53. The maximum absolute atomic E-state index is 5.94. The highest BCUT2D eigenvalue weighted by Crippen LogP contribution is 2.22. The van der Waals surface area contributed by atoms with E-state index in [1.54, 1.807) is 6.20 Å². The molecule has 1 aromatic heterocycles. The molecule has 1 aliphatic rings. The Bertz CT molecular complexity index is 345. The standard InChI is InChI=1S/C12H21N3O2/c1-15-6-5-14-11(15)3-8-17-12(9-13)4-2-7-16-10-12/h5-6H,2-4,7-10,13H2,1H3. The second kappa shape index (κ2) is 5.62. The van der Waals surface area contributed by atoms with Crippen LogP contribution in [0.25, 0.3) is 0 Å². The van der Waals surface area contributed by atoms with Gasteiger partial charge < -0.3 is 19.8 Å². The number of nitrogens with zero attached hydrogens (tertiary/aromatic N) is 2. The van der Waals surface area contributed by atoms with Crippen LogP contribution in [0.2, 0.25) is 0 Å². The fourth-order valence-corrected chi connectivity index (χ4v) is 2.16. The van der Waals surface area contributed by atoms with Gasteiger partial charge in [-0.25, -0.2) is 4.98 Å². The summed E-state index contributed by atoms with van der Waals surface area (Å²) in [5, 5.41) is 0. The van der Waals surface area contributed by atoms with Crippen molar-refractivity contribution in [3.63, 3.8) is 0 Å². The minimum atomic E-state index is -0.274. The molecule has 1 aromatic rings. The summed E-state index contributed by atoms with van der Waals surface area (Å²) in [7, 11) is 1.99. The third-order valence-corrected chi connectivity index (χ3v) is 3.31. The van der Waals surface area contributed by atoms with Crippen LogP contribution in [-0.4, -0.2) is 41.5 Å². The van der Waals surface area contributed by atoms with Crippen molar-refractivity contribution in [1.29, 1.82) is 0 Å². The average molecular weight is 239 g/mol. The molecule has 0 aromatic carbocycles. The molecule has 2 heterocycles. The average Bonchev–Trinajstić information content (AvgIpc) is 2.76. The van der Waals surface area contributed by atoms with Crippen molar-refractivity contribution < 1.29 is 9.47 Å². The Hall–Kier alpha value is -0.910. The quantitative estimate of drug-likeness (QED) is 0.812. The predicted molar refractivity (Wildman–Crippen MR) is 64.7 cm³/mol. The first-order valence-electron chi connectivity index (χ1n) is 6.14. The van der Waals surface area contributed by atoms with Gasteiger partial charge in [0.15, 0.2) is 0 Å². The zero-order chi connectivity index (χ0) is 12.1. The van der Waals surface area contributed by atoms with Crippen LogP contribution in [-0.2, 0) is 22.9 Å². The molecule has 0 aliphatic carbocycles. The normalized spacial score (nSPS) is 25.1. The highest BCUT2D eigenvalue weighted by molar-refractivity contribution is 4.92. The fraction of sp³-hybridized carbons (Fsp3) is 0.750. The first-order chi connectivity index (χ1) is 8.26. The van der Waals surface area contributed by atoms with E-state index >= 15 is 0 Å². The van der Waals surface area contributed by atoms with Gasteiger partial charge >= 0.3 is 0 Å². The SMILES string of the molecule is Cn1ccnc1CCOC1(CN)CCCOC1. The Morgan fingerprint density at radius 3 is 3.12 bits per heavy atom. The summed E-state index contributed by atoms with van der Waals surface area (Å²) in [4.78, 5) is 4.27. The lowest BCUT2D eigenvalue weighted by molar-refractivity contribution is -0.122. The molecule has 5 nitrogen and oxygen atoms in total. The predicted octanol–water partition coefficient (Wildman–Crippen LogP) is 0.487. The lowest BCUT2D eigenvalue weighted by atomic mass is 9.96. The van der Waals surface area contributed by atoms with E-state index in [2.05, 4.69) is 4.98 Å². The molecule has 1 saturated heterocycles. The summed E-state index contributed by atoms with van der Waals surface area (Å²) >= 11 is 0. The van der Waals surface area contributed by atoms with E-state index in [-0.39, 0.29) is 5.60 Å². The van der Waals surface area contributed by atoms with E-state index in [0.29, 0.717) is 19.8 Å². The summed E-state index contributed by atoms with van der Waals surface area (Å²) in [6.45, 7) is 2.60. The van der Waals surface area contributed by atoms with Gasteiger partial charge in [-0.3, -0.25) is 0 Å². The van der Waals surface area contributed by atoms with Gasteiger partial charge in [-0.1, -0.05) is 0 Å². The van der Waals surface area contributed by atoms with E-state index < -0.39 is 0 Å². The molecule has 17 heavy (non-hydrogen) atoms. The Kier molecular flexibility index (Phi) is 4.15. The first kappa shape index (κ1) is 12.5. The molecule has 0 saturated carbocycles. The minimum Gasteiger partial charge on any atom is -0.378 e. The fourth-order valence-electron chi connectivity index (χ4n) is 2.16. The first-order valence-corrected chi connectivity index (χ1v) is 6.14. The van der Waals surface area contributed by atoms with Crippen LogP contribution in [0.3, 0.4) is 0 Å². The Morgan fingerprint density at radius 2 is 2.53 bits per heavy atom. The summed E-state index contributed by atoms with van der Waals surface area (Å²) < 4.78 is 13.4. The van der Waals surface area contributed by atoms with Crippen LogP contribution in [0, 0.1) is 0 Å². The molecule has 0 spiro atoms. The van der Waals surface area contributed by atoms with Crippen LogP contribution in [0.5, 0.6) is 0 Å². The lowest BCUT2D eigenvalue weighted by Crippen LogP contribution is -2.48. The van der Waals surface area contributed by atoms with Crippen molar-refractivity contribution in [2.45, 2.75) is 24.9 Å². The summed E-state index contributed by atoms with van der Waals surface area (Å²) in [6, 6.07) is 0. The molecule has 0 bridgehead atoms. The topological polar surface area (TPSA) is 62.3 Å². The number of hydrogen-bond donors (Lipinski definition) is 1. The van der Waals surface area contributed by atoms with Gasteiger partial charge in [0.25, 0.3) is 0 Å². The van der Waals surface area contributed by atoms with Gasteiger partial charge in [-0.15, -0.1) is 0 Å². The zero-order valence-corrected chi connectivity index (χ0v) is 10.4. The largest absolute Gasteiger partial charge is 0.378 e. The van der Waals surface area contributed by atoms with Crippen molar-refractivity contribution in [2.75, 3.05) is 26.4 Å². The molecule has 5 heteroatoms. The highest BCUT2D eigenvalue weighted by Gasteiger charge is 2.32. The van der Waals surface area contributed by atoms with Crippen molar-refractivity contribution in [3.8, 4) is 0 Å². The Morgan fingerprint density at radius 1 is 1.65 bits per heavy atom. The van der Waals surface area contributed by atoms with E-state index in [9.17, 15) is 0 Å². The third kappa shape index (κ3) is 3.06. The van der Waals surface area contributed by atoms with Crippen LogP contribution < -0.4 is 5.73 Å². The van der Waals surface area contributed by atoms with E-state index in [1.165, 1.54) is 0 Å². The molecule has 1 fully saturated rings. The van der Waals surface area contributed by atoms with Crippen molar-refractivity contribution in [2.24, 2.45) is 12.8 Å². The zero-order valence-electron chi connectivity index (χ0n) is 10.4. The van der Waals surface area contributed by atoms with Gasteiger partial charge in [-0.05, 0) is 12.8 Å². The highest BCUT2D eigenvalue weighted by atomic mass is 16.5. The van der Waals surface area contributed by atoms with Crippen LogP contribution >= 0.6 is 0 Å². The van der Waals surface area contributed by atoms with Crippen molar-refractivity contribution >= 4 is 0 Å². The summed E-state index contributed by atoms with van der Waals surface area (Å²) in [6.07, 6.45) is 6.57. The molecule has 1 atom stereocenters. The molecule has 96 valence electrons. The molecule has 2 N–H and O–H groups in total. The van der Waals surface area contributed by atoms with Gasteiger partial charge in [0.1, 0.15) is 11.4 Å². The minimum absolute atomic E-state index is 0.274. The third-order valence-electron chi connectivity index (χ3n) is 3.31. The van der Waals surface area contributed by atoms with Gasteiger partial charge in [-0.2, -0.15) is 0 Å². The van der Waals surface area contributed by atoms with Gasteiger partial charge in [0.05, 0.1) is 13.2 Å². The monoisotopic (exact) mass is 239 g/mol. The number of nitrogens with two attached hydrogens (primary N) is 1. The maximum Gasteiger partial charge on any atom is 0.110 e. The number of hydrogen-bond acceptors (Lipinski definition) is 4. The molecule has 1 aliphatic heterocycles. The Balaban J connectivity index is 1.82. The second-order valence-corrected chi connectivity index (χ2v) is 4.60. The number of ether oxygens (including phenoxy) is 2. The molecule has 2 rings (SSSR count). The number of imidazole rings is 1. The maximum atomic E-state index is 5.94. The van der Waals surface area contributed by atoms with Gasteiger partial charge in [0, 0.05) is 39.0 Å². The number of rotatable bonds is 5. The molecular formula is C12H21N3O2. The second-order valence-electron chi connectivity index (χ2n) is 4.60. The van der Waals surface area contributed by atoms with Crippen LogP contribution in [0.1, 0.15) is 18.7 Å². The molecule has 0 amide bonds. The number of aryl methyl sites for hydroxylation is 1. The van der Waals surface area contributed by atoms with E-state index in [0.717, 1.165) is 31.7 Å². The van der Waals surface area contributed by atoms with Crippen LogP contribution in [0.4, 0.5) is 0 Å². The van der Waals surface area contributed by atoms with Crippen LogP contribution in [0.15, 0.2) is 12.4 Å². The lowest BCUT2D eigenvalue weighted by Gasteiger charge is -2.35. The smallest absolute Gasteiger partial charge is 0.110 e. The molecule has 1 unspecified atom stereocenters. The molecular weight excluding hydrogens is 218 g/mol. The van der Waals surface area contributed by atoms with E-state index in [4.69, 9.17) is 15.2 Å². The van der Waals surface area contributed by atoms with E-state index in [1.807, 2.05) is 17.8 Å². The van der Waals surface area contributed by atoms with Crippen molar-refractivity contribution in [1.82, 2.24) is 9.55 Å². The molecule has 0 radical (unpaired) electrons.